The molecule has 3 rings (SSSR count). The van der Waals surface area contributed by atoms with Crippen molar-refractivity contribution in [2.75, 3.05) is 11.6 Å². The quantitative estimate of drug-likeness (QED) is 0.702. The van der Waals surface area contributed by atoms with E-state index in [1.54, 1.807) is 0 Å². The first-order chi connectivity index (χ1) is 7.43. The molecule has 1 aliphatic heterocycles. The highest BCUT2D eigenvalue weighted by Gasteiger charge is 2.09. The Bertz CT molecular complexity index is 519. The Balaban J connectivity index is 2.09. The second kappa shape index (κ2) is 3.35. The molecule has 0 unspecified atom stereocenters. The highest BCUT2D eigenvalue weighted by molar-refractivity contribution is 5.80. The van der Waals surface area contributed by atoms with Gasteiger partial charge in [-0.3, -0.25) is 0 Å². The van der Waals surface area contributed by atoms with E-state index in [9.17, 15) is 0 Å². The molecule has 0 bridgehead atoms. The largest absolute Gasteiger partial charge is 0.248 e. The molecule has 0 spiro atoms. The first-order valence-electron chi connectivity index (χ1n) is 5.09. The van der Waals surface area contributed by atoms with Gasteiger partial charge in [0.25, 0.3) is 0 Å². The minimum Gasteiger partial charge on any atom is -0.248 e. The molecular formula is C12H11N3. The summed E-state index contributed by atoms with van der Waals surface area (Å²) in [6, 6.07) is 12.2. The maximum absolute atomic E-state index is 4.57. The van der Waals surface area contributed by atoms with Crippen LogP contribution in [-0.4, -0.2) is 17.7 Å². The first-order valence-corrected chi connectivity index (χ1v) is 5.09. The summed E-state index contributed by atoms with van der Waals surface area (Å²) >= 11 is 0. The fourth-order valence-electron chi connectivity index (χ4n) is 1.77. The van der Waals surface area contributed by atoms with E-state index < -0.39 is 0 Å². The molecular weight excluding hydrogens is 186 g/mol. The second-order valence-corrected chi connectivity index (χ2v) is 3.57. The van der Waals surface area contributed by atoms with E-state index in [0.29, 0.717) is 0 Å². The third kappa shape index (κ3) is 1.46. The maximum Gasteiger partial charge on any atom is 0.149 e. The van der Waals surface area contributed by atoms with Gasteiger partial charge in [-0.05, 0) is 18.2 Å². The Kier molecular flexibility index (Phi) is 1.88. The average molecular weight is 197 g/mol. The lowest BCUT2D eigenvalue weighted by Crippen LogP contribution is -2.13. The van der Waals surface area contributed by atoms with Crippen molar-refractivity contribution in [2.45, 2.75) is 6.42 Å². The fourth-order valence-corrected chi connectivity index (χ4v) is 1.77. The zero-order chi connectivity index (χ0) is 10.1. The molecule has 1 aromatic carbocycles. The summed E-state index contributed by atoms with van der Waals surface area (Å²) in [6.45, 7) is 0.936. The molecule has 2 heterocycles. The van der Waals surface area contributed by atoms with E-state index in [4.69, 9.17) is 0 Å². The van der Waals surface area contributed by atoms with Crippen LogP contribution in [0.2, 0.25) is 0 Å². The van der Waals surface area contributed by atoms with Gasteiger partial charge in [0.15, 0.2) is 0 Å². The number of anilines is 1. The zero-order valence-electron chi connectivity index (χ0n) is 8.30. The molecule has 0 N–H and O–H groups in total. The van der Waals surface area contributed by atoms with Crippen molar-refractivity contribution in [3.05, 3.63) is 36.4 Å². The average Bonchev–Trinajstić information content (AvgIpc) is 2.82. The van der Waals surface area contributed by atoms with Gasteiger partial charge in [-0.25, -0.2) is 9.99 Å². The van der Waals surface area contributed by atoms with Crippen LogP contribution in [-0.2, 0) is 0 Å². The number of rotatable bonds is 1. The van der Waals surface area contributed by atoms with Gasteiger partial charge in [0.05, 0.1) is 5.52 Å². The van der Waals surface area contributed by atoms with E-state index in [1.807, 2.05) is 35.5 Å². The Labute approximate surface area is 88.0 Å². The zero-order valence-corrected chi connectivity index (χ0v) is 8.30. The molecule has 74 valence electrons. The third-order valence-corrected chi connectivity index (χ3v) is 2.54. The van der Waals surface area contributed by atoms with Crippen molar-refractivity contribution in [1.29, 1.82) is 0 Å². The van der Waals surface area contributed by atoms with E-state index in [1.165, 1.54) is 5.39 Å². The topological polar surface area (TPSA) is 28.5 Å². The summed E-state index contributed by atoms with van der Waals surface area (Å²) in [5.74, 6) is 0.933. The Morgan fingerprint density at radius 1 is 1.07 bits per heavy atom. The molecule has 0 amide bonds. The van der Waals surface area contributed by atoms with Gasteiger partial charge in [0.1, 0.15) is 5.82 Å². The van der Waals surface area contributed by atoms with Crippen molar-refractivity contribution in [3.63, 3.8) is 0 Å². The van der Waals surface area contributed by atoms with Gasteiger partial charge in [-0.2, -0.15) is 5.10 Å². The number of hydrogen-bond donors (Lipinski definition) is 0. The SMILES string of the molecule is C1=NN(c2ccc3ccccc3n2)CC1. The molecule has 3 nitrogen and oxygen atoms in total. The van der Waals surface area contributed by atoms with Gasteiger partial charge < -0.3 is 0 Å². The van der Waals surface area contributed by atoms with Crippen LogP contribution in [0.15, 0.2) is 41.5 Å². The molecule has 3 heteroatoms. The number of para-hydroxylation sites is 1. The van der Waals surface area contributed by atoms with Crippen LogP contribution in [0.25, 0.3) is 10.9 Å². The van der Waals surface area contributed by atoms with Crippen LogP contribution in [0, 0.1) is 0 Å². The molecule has 15 heavy (non-hydrogen) atoms. The summed E-state index contributed by atoms with van der Waals surface area (Å²) in [5.41, 5.74) is 1.03. The van der Waals surface area contributed by atoms with Crippen LogP contribution in [0.3, 0.4) is 0 Å². The minimum absolute atomic E-state index is 0.933. The monoisotopic (exact) mass is 197 g/mol. The molecule has 0 aliphatic carbocycles. The standard InChI is InChI=1S/C12H11N3/c1-2-5-11-10(4-1)6-7-12(14-11)15-9-3-8-13-15/h1-2,4-8H,3,9H2. The Morgan fingerprint density at radius 3 is 2.87 bits per heavy atom. The summed E-state index contributed by atoms with van der Waals surface area (Å²) in [5, 5.41) is 7.37. The van der Waals surface area contributed by atoms with E-state index in [2.05, 4.69) is 22.2 Å². The van der Waals surface area contributed by atoms with Crippen LogP contribution < -0.4 is 5.01 Å². The smallest absolute Gasteiger partial charge is 0.149 e. The second-order valence-electron chi connectivity index (χ2n) is 3.57. The lowest BCUT2D eigenvalue weighted by molar-refractivity contribution is 0.901. The lowest BCUT2D eigenvalue weighted by Gasteiger charge is -2.12. The number of benzene rings is 1. The molecule has 0 saturated carbocycles. The molecule has 0 saturated heterocycles. The summed E-state index contributed by atoms with van der Waals surface area (Å²) in [7, 11) is 0. The van der Waals surface area contributed by atoms with Gasteiger partial charge in [-0.15, -0.1) is 0 Å². The molecule has 1 aliphatic rings. The Morgan fingerprint density at radius 2 is 2.00 bits per heavy atom. The van der Waals surface area contributed by atoms with Crippen molar-refractivity contribution in [1.82, 2.24) is 4.98 Å². The fraction of sp³-hybridized carbons (Fsp3) is 0.167. The minimum atomic E-state index is 0.933. The highest BCUT2D eigenvalue weighted by Crippen LogP contribution is 2.19. The first kappa shape index (κ1) is 8.41. The van der Waals surface area contributed by atoms with Gasteiger partial charge >= 0.3 is 0 Å². The molecule has 0 radical (unpaired) electrons. The number of aromatic nitrogens is 1. The van der Waals surface area contributed by atoms with Crippen LogP contribution in [0.5, 0.6) is 0 Å². The number of fused-ring (bicyclic) bond motifs is 1. The predicted molar refractivity (Wildman–Crippen MR) is 62.2 cm³/mol. The Hall–Kier alpha value is -1.90. The van der Waals surface area contributed by atoms with Crippen LogP contribution in [0.1, 0.15) is 6.42 Å². The van der Waals surface area contributed by atoms with Crippen molar-refractivity contribution < 1.29 is 0 Å². The van der Waals surface area contributed by atoms with Gasteiger partial charge in [0, 0.05) is 24.6 Å². The summed E-state index contributed by atoms with van der Waals surface area (Å²) < 4.78 is 0. The number of hydrazone groups is 1. The summed E-state index contributed by atoms with van der Waals surface area (Å²) in [4.78, 5) is 4.57. The number of nitrogens with zero attached hydrogens (tertiary/aromatic N) is 3. The molecule has 0 atom stereocenters. The van der Waals surface area contributed by atoms with Crippen molar-refractivity contribution in [3.8, 4) is 0 Å². The van der Waals surface area contributed by atoms with Gasteiger partial charge in [0.2, 0.25) is 0 Å². The summed E-state index contributed by atoms with van der Waals surface area (Å²) in [6.07, 6.45) is 2.94. The third-order valence-electron chi connectivity index (χ3n) is 2.54. The predicted octanol–water partition coefficient (Wildman–Crippen LogP) is 2.43. The van der Waals surface area contributed by atoms with E-state index in [-0.39, 0.29) is 0 Å². The van der Waals surface area contributed by atoms with Crippen LogP contribution in [0.4, 0.5) is 5.82 Å². The molecule has 2 aromatic rings. The van der Waals surface area contributed by atoms with Gasteiger partial charge in [-0.1, -0.05) is 18.2 Å². The maximum atomic E-state index is 4.57. The number of hydrogen-bond acceptors (Lipinski definition) is 3. The van der Waals surface area contributed by atoms with Crippen molar-refractivity contribution in [2.24, 2.45) is 5.10 Å². The number of pyridine rings is 1. The molecule has 0 fully saturated rings. The normalized spacial score (nSPS) is 15.1. The van der Waals surface area contributed by atoms with E-state index in [0.717, 1.165) is 24.3 Å². The molecule has 1 aromatic heterocycles. The van der Waals surface area contributed by atoms with E-state index >= 15 is 0 Å². The van der Waals surface area contributed by atoms with Crippen molar-refractivity contribution >= 4 is 22.9 Å². The highest BCUT2D eigenvalue weighted by atomic mass is 15.5. The lowest BCUT2D eigenvalue weighted by atomic mass is 10.2. The van der Waals surface area contributed by atoms with Crippen LogP contribution >= 0.6 is 0 Å².